The van der Waals surface area contributed by atoms with Crippen LogP contribution in [0.25, 0.3) is 0 Å². The molecule has 1 aliphatic rings. The zero-order valence-electron chi connectivity index (χ0n) is 12.6. The Morgan fingerprint density at radius 1 is 1.00 bits per heavy atom. The molecule has 0 fully saturated rings. The van der Waals surface area contributed by atoms with Gasteiger partial charge in [0.05, 0.1) is 0 Å². The molecule has 0 radical (unpaired) electrons. The molecule has 0 aliphatic heterocycles. The van der Waals surface area contributed by atoms with E-state index in [4.69, 9.17) is 0 Å². The monoisotopic (exact) mass is 343 g/mol. The Morgan fingerprint density at radius 3 is 2.43 bits per heavy atom. The summed E-state index contributed by atoms with van der Waals surface area (Å²) in [6.45, 7) is 4.59. The molecule has 0 saturated heterocycles. The average molecular weight is 344 g/mol. The second kappa shape index (κ2) is 6.33. The molecule has 0 bridgehead atoms. The zero-order chi connectivity index (χ0) is 14.8. The molecule has 2 aromatic rings. The molecule has 0 spiro atoms. The minimum Gasteiger partial charge on any atom is -0.303 e. The minimum absolute atomic E-state index is 0.340. The van der Waals surface area contributed by atoms with E-state index in [0.717, 1.165) is 0 Å². The zero-order valence-corrected chi connectivity index (χ0v) is 14.2. The van der Waals surface area contributed by atoms with Crippen molar-refractivity contribution in [2.75, 3.05) is 0 Å². The van der Waals surface area contributed by atoms with Crippen molar-refractivity contribution in [3.05, 3.63) is 69.7 Å². The van der Waals surface area contributed by atoms with Crippen LogP contribution < -0.4 is 5.32 Å². The second-order valence-electron chi connectivity index (χ2n) is 6.07. The fraction of sp³-hybridized carbons (Fsp3) is 0.368. The average Bonchev–Trinajstić information content (AvgIpc) is 2.51. The van der Waals surface area contributed by atoms with E-state index in [1.165, 1.54) is 34.0 Å². The lowest BCUT2D eigenvalue weighted by atomic mass is 9.80. The molecule has 1 nitrogen and oxygen atoms in total. The SMILES string of the molecule is CC1CCC(NC(C)c2ccccc2Br)c2ccccc21. The van der Waals surface area contributed by atoms with Gasteiger partial charge in [-0.15, -0.1) is 0 Å². The van der Waals surface area contributed by atoms with Crippen molar-refractivity contribution < 1.29 is 0 Å². The molecular weight excluding hydrogens is 322 g/mol. The van der Waals surface area contributed by atoms with Gasteiger partial charge in [0.1, 0.15) is 0 Å². The Hall–Kier alpha value is -1.12. The predicted octanol–water partition coefficient (Wildman–Crippen LogP) is 5.74. The number of halogens is 1. The lowest BCUT2D eigenvalue weighted by Gasteiger charge is -2.32. The normalized spacial score (nSPS) is 22.6. The van der Waals surface area contributed by atoms with Crippen molar-refractivity contribution in [2.24, 2.45) is 0 Å². The molecule has 21 heavy (non-hydrogen) atoms. The maximum absolute atomic E-state index is 3.82. The van der Waals surface area contributed by atoms with Crippen molar-refractivity contribution in [3.8, 4) is 0 Å². The molecule has 3 rings (SSSR count). The molecule has 0 amide bonds. The van der Waals surface area contributed by atoms with Crippen LogP contribution in [-0.2, 0) is 0 Å². The summed E-state index contributed by atoms with van der Waals surface area (Å²) < 4.78 is 1.18. The van der Waals surface area contributed by atoms with Crippen LogP contribution in [0, 0.1) is 0 Å². The van der Waals surface area contributed by atoms with Crippen LogP contribution in [0.3, 0.4) is 0 Å². The lowest BCUT2D eigenvalue weighted by Crippen LogP contribution is -2.28. The van der Waals surface area contributed by atoms with E-state index in [2.05, 4.69) is 83.6 Å². The summed E-state index contributed by atoms with van der Waals surface area (Å²) in [5.74, 6) is 0.679. The lowest BCUT2D eigenvalue weighted by molar-refractivity contribution is 0.396. The third-order valence-corrected chi connectivity index (χ3v) is 5.34. The molecular formula is C19H22BrN. The quantitative estimate of drug-likeness (QED) is 0.749. The third kappa shape index (κ3) is 3.07. The maximum atomic E-state index is 3.82. The first-order valence-corrected chi connectivity index (χ1v) is 8.55. The molecule has 2 aromatic carbocycles. The standard InChI is InChI=1S/C19H22BrN/c1-13-11-12-19(17-9-4-3-7-15(13)17)21-14(2)16-8-5-6-10-18(16)20/h3-10,13-14,19,21H,11-12H2,1-2H3. The van der Waals surface area contributed by atoms with Gasteiger partial charge in [0.25, 0.3) is 0 Å². The van der Waals surface area contributed by atoms with E-state index in [0.29, 0.717) is 18.0 Å². The topological polar surface area (TPSA) is 12.0 Å². The van der Waals surface area contributed by atoms with Gasteiger partial charge in [0.2, 0.25) is 0 Å². The van der Waals surface area contributed by atoms with Crippen LogP contribution in [0.4, 0.5) is 0 Å². The van der Waals surface area contributed by atoms with Gasteiger partial charge in [0, 0.05) is 16.6 Å². The smallest absolute Gasteiger partial charge is 0.0328 e. The highest BCUT2D eigenvalue weighted by molar-refractivity contribution is 9.10. The van der Waals surface area contributed by atoms with Gasteiger partial charge < -0.3 is 5.32 Å². The third-order valence-electron chi connectivity index (χ3n) is 4.61. The van der Waals surface area contributed by atoms with Gasteiger partial charge in [-0.3, -0.25) is 0 Å². The number of rotatable bonds is 3. The van der Waals surface area contributed by atoms with Crippen LogP contribution in [0.15, 0.2) is 53.0 Å². The first-order valence-electron chi connectivity index (χ1n) is 7.76. The maximum Gasteiger partial charge on any atom is 0.0328 e. The van der Waals surface area contributed by atoms with Crippen LogP contribution >= 0.6 is 15.9 Å². The van der Waals surface area contributed by atoms with E-state index in [1.54, 1.807) is 0 Å². The fourth-order valence-electron chi connectivity index (χ4n) is 3.40. The van der Waals surface area contributed by atoms with E-state index in [-0.39, 0.29) is 0 Å². The van der Waals surface area contributed by atoms with Gasteiger partial charge >= 0.3 is 0 Å². The highest BCUT2D eigenvalue weighted by atomic mass is 79.9. The first kappa shape index (κ1) is 14.8. The largest absolute Gasteiger partial charge is 0.303 e. The molecule has 1 N–H and O–H groups in total. The molecule has 0 aromatic heterocycles. The number of nitrogens with one attached hydrogen (secondary N) is 1. The number of benzene rings is 2. The van der Waals surface area contributed by atoms with E-state index in [9.17, 15) is 0 Å². The molecule has 0 heterocycles. The number of fused-ring (bicyclic) bond motifs is 1. The summed E-state index contributed by atoms with van der Waals surface area (Å²) in [5.41, 5.74) is 4.32. The summed E-state index contributed by atoms with van der Waals surface area (Å²) in [6, 6.07) is 18.2. The van der Waals surface area contributed by atoms with E-state index < -0.39 is 0 Å². The fourth-order valence-corrected chi connectivity index (χ4v) is 4.02. The Bertz CT molecular complexity index is 622. The first-order chi connectivity index (χ1) is 10.2. The second-order valence-corrected chi connectivity index (χ2v) is 6.92. The highest BCUT2D eigenvalue weighted by Crippen LogP contribution is 2.38. The molecule has 3 atom stereocenters. The predicted molar refractivity (Wildman–Crippen MR) is 92.5 cm³/mol. The summed E-state index contributed by atoms with van der Waals surface area (Å²) in [5, 5.41) is 3.82. The Labute approximate surface area is 135 Å². The minimum atomic E-state index is 0.340. The van der Waals surface area contributed by atoms with Gasteiger partial charge in [0.15, 0.2) is 0 Å². The van der Waals surface area contributed by atoms with Gasteiger partial charge in [-0.1, -0.05) is 65.3 Å². The van der Waals surface area contributed by atoms with E-state index in [1.807, 2.05) is 0 Å². The molecule has 3 unspecified atom stereocenters. The van der Waals surface area contributed by atoms with Crippen LogP contribution in [0.5, 0.6) is 0 Å². The Morgan fingerprint density at radius 2 is 1.67 bits per heavy atom. The molecule has 0 saturated carbocycles. The number of hydrogen-bond donors (Lipinski definition) is 1. The van der Waals surface area contributed by atoms with Crippen molar-refractivity contribution in [2.45, 2.75) is 44.7 Å². The van der Waals surface area contributed by atoms with Crippen LogP contribution in [0.1, 0.15) is 61.4 Å². The molecule has 2 heteroatoms. The van der Waals surface area contributed by atoms with Gasteiger partial charge in [-0.25, -0.2) is 0 Å². The highest BCUT2D eigenvalue weighted by Gasteiger charge is 2.25. The van der Waals surface area contributed by atoms with Gasteiger partial charge in [-0.2, -0.15) is 0 Å². The number of hydrogen-bond acceptors (Lipinski definition) is 1. The summed E-state index contributed by atoms with van der Waals surface area (Å²) >= 11 is 3.66. The molecule has 110 valence electrons. The van der Waals surface area contributed by atoms with Crippen molar-refractivity contribution >= 4 is 15.9 Å². The van der Waals surface area contributed by atoms with Gasteiger partial charge in [-0.05, 0) is 48.4 Å². The van der Waals surface area contributed by atoms with E-state index >= 15 is 0 Å². The molecule has 1 aliphatic carbocycles. The Balaban J connectivity index is 1.83. The van der Waals surface area contributed by atoms with Crippen molar-refractivity contribution in [1.29, 1.82) is 0 Å². The van der Waals surface area contributed by atoms with Crippen LogP contribution in [0.2, 0.25) is 0 Å². The summed E-state index contributed by atoms with van der Waals surface area (Å²) in [4.78, 5) is 0. The van der Waals surface area contributed by atoms with Crippen molar-refractivity contribution in [1.82, 2.24) is 5.32 Å². The van der Waals surface area contributed by atoms with Crippen LogP contribution in [-0.4, -0.2) is 0 Å². The summed E-state index contributed by atoms with van der Waals surface area (Å²) in [6.07, 6.45) is 2.48. The Kier molecular flexibility index (Phi) is 4.46. The summed E-state index contributed by atoms with van der Waals surface area (Å²) in [7, 11) is 0. The van der Waals surface area contributed by atoms with Crippen molar-refractivity contribution in [3.63, 3.8) is 0 Å².